The van der Waals surface area contributed by atoms with Crippen molar-refractivity contribution in [2.75, 3.05) is 13.1 Å². The van der Waals surface area contributed by atoms with Gasteiger partial charge in [0.2, 0.25) is 0 Å². The first-order valence-electron chi connectivity index (χ1n) is 7.52. The highest BCUT2D eigenvalue weighted by Gasteiger charge is 2.31. The van der Waals surface area contributed by atoms with Crippen LogP contribution in [0.1, 0.15) is 39.3 Å². The zero-order valence-electron chi connectivity index (χ0n) is 13.3. The van der Waals surface area contributed by atoms with Gasteiger partial charge in [-0.05, 0) is 33.6 Å². The second-order valence-corrected chi connectivity index (χ2v) is 6.75. The molecule has 7 heteroatoms. The summed E-state index contributed by atoms with van der Waals surface area (Å²) in [7, 11) is 0. The van der Waals surface area contributed by atoms with Crippen molar-refractivity contribution in [1.82, 2.24) is 20.2 Å². The lowest BCUT2D eigenvalue weighted by atomic mass is 10.2. The SMILES string of the molecule is CC(C)(C)OC(=O)N1CCC[C@H]1CNCc1nccnc1Cl. The summed E-state index contributed by atoms with van der Waals surface area (Å²) in [5, 5.41) is 3.70. The zero-order valence-corrected chi connectivity index (χ0v) is 14.1. The van der Waals surface area contributed by atoms with Gasteiger partial charge in [0.25, 0.3) is 0 Å². The summed E-state index contributed by atoms with van der Waals surface area (Å²) in [5.74, 6) is 0. The van der Waals surface area contributed by atoms with E-state index >= 15 is 0 Å². The molecule has 0 bridgehead atoms. The molecule has 1 aliphatic heterocycles. The Morgan fingerprint density at radius 1 is 1.45 bits per heavy atom. The number of carbonyl (C=O) groups is 1. The molecule has 1 aromatic rings. The largest absolute Gasteiger partial charge is 0.444 e. The van der Waals surface area contributed by atoms with Gasteiger partial charge in [-0.25, -0.2) is 9.78 Å². The van der Waals surface area contributed by atoms with E-state index in [2.05, 4.69) is 15.3 Å². The van der Waals surface area contributed by atoms with Gasteiger partial charge < -0.3 is 15.0 Å². The molecule has 122 valence electrons. The molecule has 1 amide bonds. The third kappa shape index (κ3) is 4.81. The molecule has 22 heavy (non-hydrogen) atoms. The van der Waals surface area contributed by atoms with E-state index in [-0.39, 0.29) is 12.1 Å². The Hall–Kier alpha value is -1.40. The zero-order chi connectivity index (χ0) is 16.2. The smallest absolute Gasteiger partial charge is 0.410 e. The van der Waals surface area contributed by atoms with Crippen molar-refractivity contribution in [2.24, 2.45) is 0 Å². The predicted octanol–water partition coefficient (Wildman–Crippen LogP) is 2.62. The molecule has 1 aromatic heterocycles. The van der Waals surface area contributed by atoms with E-state index in [0.717, 1.165) is 19.4 Å². The van der Waals surface area contributed by atoms with E-state index in [0.29, 0.717) is 23.9 Å². The highest BCUT2D eigenvalue weighted by molar-refractivity contribution is 6.29. The monoisotopic (exact) mass is 326 g/mol. The Morgan fingerprint density at radius 2 is 2.18 bits per heavy atom. The Balaban J connectivity index is 1.84. The summed E-state index contributed by atoms with van der Waals surface area (Å²) in [6.07, 6.45) is 4.91. The molecule has 0 aromatic carbocycles. The van der Waals surface area contributed by atoms with Crippen LogP contribution in [-0.2, 0) is 11.3 Å². The number of hydrogen-bond acceptors (Lipinski definition) is 5. The van der Waals surface area contributed by atoms with Crippen LogP contribution in [-0.4, -0.2) is 45.7 Å². The van der Waals surface area contributed by atoms with Gasteiger partial charge in [-0.1, -0.05) is 11.6 Å². The van der Waals surface area contributed by atoms with Crippen molar-refractivity contribution in [2.45, 2.75) is 51.8 Å². The lowest BCUT2D eigenvalue weighted by Gasteiger charge is -2.28. The topological polar surface area (TPSA) is 67.3 Å². The summed E-state index contributed by atoms with van der Waals surface area (Å²) in [5.41, 5.74) is 0.246. The van der Waals surface area contributed by atoms with Crippen molar-refractivity contribution in [1.29, 1.82) is 0 Å². The van der Waals surface area contributed by atoms with Crippen molar-refractivity contribution in [3.05, 3.63) is 23.2 Å². The number of likely N-dealkylation sites (tertiary alicyclic amines) is 1. The average Bonchev–Trinajstić information content (AvgIpc) is 2.87. The molecule has 1 atom stereocenters. The minimum absolute atomic E-state index is 0.144. The van der Waals surface area contributed by atoms with Gasteiger partial charge in [0, 0.05) is 38.1 Å². The van der Waals surface area contributed by atoms with E-state index in [1.807, 2.05) is 20.8 Å². The fourth-order valence-corrected chi connectivity index (χ4v) is 2.61. The molecular weight excluding hydrogens is 304 g/mol. The number of rotatable bonds is 4. The quantitative estimate of drug-likeness (QED) is 0.921. The van der Waals surface area contributed by atoms with Gasteiger partial charge in [0.1, 0.15) is 5.60 Å². The van der Waals surface area contributed by atoms with Gasteiger partial charge in [-0.2, -0.15) is 0 Å². The minimum Gasteiger partial charge on any atom is -0.444 e. The minimum atomic E-state index is -0.467. The van der Waals surface area contributed by atoms with Gasteiger partial charge in [-0.3, -0.25) is 4.98 Å². The van der Waals surface area contributed by atoms with E-state index < -0.39 is 5.60 Å². The van der Waals surface area contributed by atoms with Crippen LogP contribution in [0.3, 0.4) is 0 Å². The first-order chi connectivity index (χ1) is 10.4. The van der Waals surface area contributed by atoms with Crippen LogP contribution in [0.2, 0.25) is 5.15 Å². The number of amides is 1. The molecule has 1 aliphatic rings. The fraction of sp³-hybridized carbons (Fsp3) is 0.667. The number of carbonyl (C=O) groups excluding carboxylic acids is 1. The molecule has 1 N–H and O–H groups in total. The molecule has 1 saturated heterocycles. The number of nitrogens with one attached hydrogen (secondary N) is 1. The van der Waals surface area contributed by atoms with E-state index in [1.54, 1.807) is 17.3 Å². The van der Waals surface area contributed by atoms with Crippen molar-refractivity contribution < 1.29 is 9.53 Å². The van der Waals surface area contributed by atoms with Crippen LogP contribution >= 0.6 is 11.6 Å². The Bertz CT molecular complexity index is 519. The maximum absolute atomic E-state index is 12.2. The maximum Gasteiger partial charge on any atom is 0.410 e. The molecule has 1 fully saturated rings. The maximum atomic E-state index is 12.2. The highest BCUT2D eigenvalue weighted by Crippen LogP contribution is 2.20. The van der Waals surface area contributed by atoms with Gasteiger partial charge >= 0.3 is 6.09 Å². The average molecular weight is 327 g/mol. The number of halogens is 1. The molecule has 0 spiro atoms. The van der Waals surface area contributed by atoms with Crippen LogP contribution in [0, 0.1) is 0 Å². The third-order valence-corrected chi connectivity index (χ3v) is 3.72. The van der Waals surface area contributed by atoms with Gasteiger partial charge in [0.05, 0.1) is 5.69 Å². The van der Waals surface area contributed by atoms with Gasteiger partial charge in [0.15, 0.2) is 5.15 Å². The summed E-state index contributed by atoms with van der Waals surface area (Å²) >= 11 is 5.97. The lowest BCUT2D eigenvalue weighted by Crippen LogP contribution is -2.44. The first kappa shape index (κ1) is 17.0. The number of hydrogen-bond donors (Lipinski definition) is 1. The molecule has 0 aliphatic carbocycles. The summed E-state index contributed by atoms with van der Waals surface area (Å²) < 4.78 is 5.45. The van der Waals surface area contributed by atoms with E-state index in [4.69, 9.17) is 16.3 Å². The fourth-order valence-electron chi connectivity index (χ4n) is 2.43. The van der Waals surface area contributed by atoms with Gasteiger partial charge in [-0.15, -0.1) is 0 Å². The lowest BCUT2D eigenvalue weighted by molar-refractivity contribution is 0.0226. The molecule has 2 heterocycles. The highest BCUT2D eigenvalue weighted by atomic mass is 35.5. The third-order valence-electron chi connectivity index (χ3n) is 3.40. The molecule has 0 saturated carbocycles. The Morgan fingerprint density at radius 3 is 2.86 bits per heavy atom. The van der Waals surface area contributed by atoms with Crippen molar-refractivity contribution >= 4 is 17.7 Å². The summed E-state index contributed by atoms with van der Waals surface area (Å²) in [4.78, 5) is 22.2. The Kier molecular flexibility index (Phi) is 5.58. The van der Waals surface area contributed by atoms with E-state index in [1.165, 1.54) is 0 Å². The van der Waals surface area contributed by atoms with Crippen LogP contribution < -0.4 is 5.32 Å². The number of ether oxygens (including phenoxy) is 1. The predicted molar refractivity (Wildman–Crippen MR) is 84.7 cm³/mol. The van der Waals surface area contributed by atoms with Crippen LogP contribution in [0.15, 0.2) is 12.4 Å². The molecule has 6 nitrogen and oxygen atoms in total. The molecule has 0 unspecified atom stereocenters. The summed E-state index contributed by atoms with van der Waals surface area (Å²) in [6.45, 7) is 7.60. The number of nitrogens with zero attached hydrogens (tertiary/aromatic N) is 3. The second-order valence-electron chi connectivity index (χ2n) is 6.39. The van der Waals surface area contributed by atoms with E-state index in [9.17, 15) is 4.79 Å². The normalized spacial score (nSPS) is 18.5. The number of aromatic nitrogens is 2. The summed E-state index contributed by atoms with van der Waals surface area (Å²) in [6, 6.07) is 0.144. The first-order valence-corrected chi connectivity index (χ1v) is 7.90. The van der Waals surface area contributed by atoms with Crippen LogP contribution in [0.5, 0.6) is 0 Å². The van der Waals surface area contributed by atoms with Crippen molar-refractivity contribution in [3.63, 3.8) is 0 Å². The van der Waals surface area contributed by atoms with Crippen molar-refractivity contribution in [3.8, 4) is 0 Å². The molecule has 0 radical (unpaired) electrons. The Labute approximate surface area is 136 Å². The van der Waals surface area contributed by atoms with Crippen LogP contribution in [0.25, 0.3) is 0 Å². The molecule has 2 rings (SSSR count). The van der Waals surface area contributed by atoms with Crippen LogP contribution in [0.4, 0.5) is 4.79 Å². The standard InChI is InChI=1S/C15H23ClN4O2/c1-15(2,3)22-14(21)20-8-4-5-11(20)9-17-10-12-13(16)19-7-6-18-12/h6-7,11,17H,4-5,8-10H2,1-3H3/t11-/m0/s1. The second kappa shape index (κ2) is 7.24. The molecular formula is C15H23ClN4O2.